The minimum atomic E-state index is -3.54. The average molecular weight is 342 g/mol. The summed E-state index contributed by atoms with van der Waals surface area (Å²) in [6.07, 6.45) is 0.941. The molecule has 1 rings (SSSR count). The Labute approximate surface area is 134 Å². The van der Waals surface area contributed by atoms with Crippen molar-refractivity contribution >= 4 is 27.6 Å². The lowest BCUT2D eigenvalue weighted by atomic mass is 10.3. The van der Waals surface area contributed by atoms with Crippen LogP contribution in [0.15, 0.2) is 40.9 Å². The van der Waals surface area contributed by atoms with Crippen molar-refractivity contribution < 1.29 is 27.5 Å². The van der Waals surface area contributed by atoms with Crippen molar-refractivity contribution in [2.75, 3.05) is 33.6 Å². The summed E-state index contributed by atoms with van der Waals surface area (Å²) in [5.41, 5.74) is 0.269. The van der Waals surface area contributed by atoms with E-state index in [1.54, 1.807) is 0 Å². The van der Waals surface area contributed by atoms with Gasteiger partial charge in [0.2, 0.25) is 10.0 Å². The number of nitrogens with one attached hydrogen (secondary N) is 1. The van der Waals surface area contributed by atoms with Crippen LogP contribution in [0.1, 0.15) is 0 Å². The van der Waals surface area contributed by atoms with Crippen molar-refractivity contribution in [1.29, 1.82) is 0 Å². The van der Waals surface area contributed by atoms with Gasteiger partial charge in [-0.25, -0.2) is 22.3 Å². The van der Waals surface area contributed by atoms with Crippen LogP contribution in [0.5, 0.6) is 0 Å². The molecule has 0 saturated heterocycles. The molecular weight excluding hydrogens is 324 g/mol. The molecule has 0 saturated carbocycles. The maximum atomic E-state index is 12.0. The van der Waals surface area contributed by atoms with Crippen molar-refractivity contribution in [1.82, 2.24) is 4.31 Å². The Morgan fingerprint density at radius 1 is 1.09 bits per heavy atom. The predicted octanol–water partition coefficient (Wildman–Crippen LogP) is 0.579. The molecular formula is C14H18N2O6S. The van der Waals surface area contributed by atoms with Crippen LogP contribution in [-0.4, -0.2) is 53.0 Å². The van der Waals surface area contributed by atoms with Gasteiger partial charge in [0.1, 0.15) is 5.70 Å². The highest BCUT2D eigenvalue weighted by atomic mass is 32.2. The number of hydrogen-bond acceptors (Lipinski definition) is 7. The number of carbonyl (C=O) groups excluding carboxylic acids is 2. The second-order valence-electron chi connectivity index (χ2n) is 4.51. The smallest absolute Gasteiger partial charge is 0.354 e. The van der Waals surface area contributed by atoms with Crippen LogP contribution in [0.2, 0.25) is 0 Å². The van der Waals surface area contributed by atoms with Gasteiger partial charge in [0.25, 0.3) is 0 Å². The first-order valence-electron chi connectivity index (χ1n) is 6.40. The topological polar surface area (TPSA) is 102 Å². The van der Waals surface area contributed by atoms with E-state index in [4.69, 9.17) is 0 Å². The molecule has 0 bridgehead atoms. The maximum absolute atomic E-state index is 12.0. The highest BCUT2D eigenvalue weighted by molar-refractivity contribution is 7.89. The third-order valence-corrected chi connectivity index (χ3v) is 4.61. The minimum Gasteiger partial charge on any atom is -0.466 e. The van der Waals surface area contributed by atoms with Gasteiger partial charge in [-0.1, -0.05) is 0 Å². The molecule has 0 radical (unpaired) electrons. The van der Waals surface area contributed by atoms with Gasteiger partial charge >= 0.3 is 11.9 Å². The van der Waals surface area contributed by atoms with Crippen LogP contribution >= 0.6 is 0 Å². The van der Waals surface area contributed by atoms with Crippen molar-refractivity contribution in [3.63, 3.8) is 0 Å². The summed E-state index contributed by atoms with van der Waals surface area (Å²) in [7, 11) is 1.66. The normalized spacial score (nSPS) is 12.0. The van der Waals surface area contributed by atoms with Gasteiger partial charge in [0.15, 0.2) is 0 Å². The van der Waals surface area contributed by atoms with E-state index in [0.29, 0.717) is 5.69 Å². The Balaban J connectivity index is 3.06. The fourth-order valence-corrected chi connectivity index (χ4v) is 2.41. The molecule has 0 aliphatic carbocycles. The van der Waals surface area contributed by atoms with E-state index < -0.39 is 22.0 Å². The summed E-state index contributed by atoms with van der Waals surface area (Å²) in [6, 6.07) is 5.68. The molecule has 1 aromatic carbocycles. The molecule has 0 fully saturated rings. The molecule has 0 unspecified atom stereocenters. The van der Waals surface area contributed by atoms with Crippen molar-refractivity contribution in [3.05, 3.63) is 36.0 Å². The van der Waals surface area contributed by atoms with E-state index in [2.05, 4.69) is 14.8 Å². The number of esters is 2. The molecule has 0 aromatic heterocycles. The van der Waals surface area contributed by atoms with Crippen LogP contribution in [0, 0.1) is 0 Å². The molecule has 1 N–H and O–H groups in total. The first kappa shape index (κ1) is 18.7. The Kier molecular flexibility index (Phi) is 6.28. The van der Waals surface area contributed by atoms with E-state index in [1.165, 1.54) is 52.6 Å². The highest BCUT2D eigenvalue weighted by Gasteiger charge is 2.17. The van der Waals surface area contributed by atoms with Crippen molar-refractivity contribution in [2.45, 2.75) is 4.90 Å². The summed E-state index contributed by atoms with van der Waals surface area (Å²) >= 11 is 0. The summed E-state index contributed by atoms with van der Waals surface area (Å²) < 4.78 is 34.0. The number of rotatable bonds is 6. The second-order valence-corrected chi connectivity index (χ2v) is 6.66. The van der Waals surface area contributed by atoms with Crippen LogP contribution in [0.3, 0.4) is 0 Å². The molecule has 0 heterocycles. The lowest BCUT2D eigenvalue weighted by Crippen LogP contribution is -2.22. The largest absolute Gasteiger partial charge is 0.466 e. The van der Waals surface area contributed by atoms with E-state index in [9.17, 15) is 18.0 Å². The molecule has 0 atom stereocenters. The van der Waals surface area contributed by atoms with E-state index >= 15 is 0 Å². The van der Waals surface area contributed by atoms with E-state index in [0.717, 1.165) is 10.4 Å². The monoisotopic (exact) mass is 342 g/mol. The van der Waals surface area contributed by atoms with Gasteiger partial charge in [-0.15, -0.1) is 0 Å². The standard InChI is InChI=1S/C14H18N2O6S/c1-16(2)23(19,20)11-7-5-10(6-8-11)15-12(14(18)22-4)9-13(17)21-3/h5-9,15H,1-4H3/b12-9+. The number of hydrogen-bond donors (Lipinski definition) is 1. The lowest BCUT2D eigenvalue weighted by Gasteiger charge is -2.13. The number of benzene rings is 1. The van der Waals surface area contributed by atoms with Gasteiger partial charge in [0.05, 0.1) is 25.2 Å². The molecule has 0 spiro atoms. The number of anilines is 1. The van der Waals surface area contributed by atoms with Gasteiger partial charge in [-0.3, -0.25) is 0 Å². The zero-order valence-electron chi connectivity index (χ0n) is 13.2. The van der Waals surface area contributed by atoms with Crippen LogP contribution in [-0.2, 0) is 29.1 Å². The van der Waals surface area contributed by atoms with Crippen molar-refractivity contribution in [2.24, 2.45) is 0 Å². The SMILES string of the molecule is COC(=O)/C=C(/Nc1ccc(S(=O)(=O)N(C)C)cc1)C(=O)OC. The molecule has 0 aliphatic rings. The number of carbonyl (C=O) groups is 2. The van der Waals surface area contributed by atoms with E-state index in [1.807, 2.05) is 0 Å². The summed E-state index contributed by atoms with van der Waals surface area (Å²) in [6.45, 7) is 0. The Bertz CT molecular complexity index is 707. The number of nitrogens with zero attached hydrogens (tertiary/aromatic N) is 1. The molecule has 23 heavy (non-hydrogen) atoms. The molecule has 8 nitrogen and oxygen atoms in total. The van der Waals surface area contributed by atoms with Crippen molar-refractivity contribution in [3.8, 4) is 0 Å². The highest BCUT2D eigenvalue weighted by Crippen LogP contribution is 2.18. The average Bonchev–Trinajstić information content (AvgIpc) is 2.53. The molecule has 9 heteroatoms. The van der Waals surface area contributed by atoms with Crippen LogP contribution in [0.4, 0.5) is 5.69 Å². The predicted molar refractivity (Wildman–Crippen MR) is 83.1 cm³/mol. The fraction of sp³-hybridized carbons (Fsp3) is 0.286. The maximum Gasteiger partial charge on any atom is 0.354 e. The molecule has 0 aliphatic heterocycles. The molecule has 126 valence electrons. The van der Waals surface area contributed by atoms with Gasteiger partial charge < -0.3 is 14.8 Å². The first-order valence-corrected chi connectivity index (χ1v) is 7.84. The third kappa shape index (κ3) is 4.80. The number of ether oxygens (including phenoxy) is 2. The van der Waals surface area contributed by atoms with Crippen LogP contribution in [0.25, 0.3) is 0 Å². The Morgan fingerprint density at radius 2 is 1.65 bits per heavy atom. The Morgan fingerprint density at radius 3 is 2.09 bits per heavy atom. The molecule has 1 aromatic rings. The Hall–Kier alpha value is -2.39. The summed E-state index contributed by atoms with van der Waals surface area (Å²) in [5, 5.41) is 2.68. The second kappa shape index (κ2) is 7.75. The minimum absolute atomic E-state index is 0.101. The van der Waals surface area contributed by atoms with Crippen LogP contribution < -0.4 is 5.32 Å². The quantitative estimate of drug-likeness (QED) is 0.596. The zero-order valence-corrected chi connectivity index (χ0v) is 14.0. The molecule has 0 amide bonds. The zero-order chi connectivity index (χ0) is 17.6. The third-order valence-electron chi connectivity index (χ3n) is 2.78. The van der Waals surface area contributed by atoms with E-state index in [-0.39, 0.29) is 10.6 Å². The van der Waals surface area contributed by atoms with Gasteiger partial charge in [0, 0.05) is 19.8 Å². The summed E-state index contributed by atoms with van der Waals surface area (Å²) in [5.74, 6) is -1.50. The van der Waals surface area contributed by atoms with Gasteiger partial charge in [-0.05, 0) is 24.3 Å². The van der Waals surface area contributed by atoms with Gasteiger partial charge in [-0.2, -0.15) is 0 Å². The fourth-order valence-electron chi connectivity index (χ4n) is 1.51. The number of methoxy groups -OCH3 is 2. The summed E-state index contributed by atoms with van der Waals surface area (Å²) in [4.78, 5) is 23.0. The first-order chi connectivity index (χ1) is 10.7. The lowest BCUT2D eigenvalue weighted by molar-refractivity contribution is -0.138. The number of sulfonamides is 1.